The molecule has 0 radical (unpaired) electrons. The molecule has 12 heteroatoms. The van der Waals surface area contributed by atoms with Crippen molar-refractivity contribution in [1.29, 1.82) is 0 Å². The molecule has 0 aliphatic carbocycles. The van der Waals surface area contributed by atoms with Crippen LogP contribution in [0.4, 0.5) is 36.3 Å². The van der Waals surface area contributed by atoms with Crippen molar-refractivity contribution in [3.8, 4) is 0 Å². The first kappa shape index (κ1) is 28.4. The number of rotatable bonds is 9. The molecule has 3 fully saturated rings. The topological polar surface area (TPSA) is 85.9 Å². The van der Waals surface area contributed by atoms with E-state index in [0.717, 1.165) is 49.1 Å². The van der Waals surface area contributed by atoms with E-state index in [9.17, 15) is 18.0 Å². The molecule has 2 unspecified atom stereocenters. The van der Waals surface area contributed by atoms with Gasteiger partial charge in [0.15, 0.2) is 0 Å². The Kier molecular flexibility index (Phi) is 8.65. The van der Waals surface area contributed by atoms with Crippen LogP contribution in [0, 0.1) is 0 Å². The van der Waals surface area contributed by atoms with Gasteiger partial charge in [-0.15, -0.1) is 0 Å². The van der Waals surface area contributed by atoms with Crippen molar-refractivity contribution < 1.29 is 22.7 Å². The highest BCUT2D eigenvalue weighted by Crippen LogP contribution is 2.35. The maximum Gasteiger partial charge on any atom is 0.421 e. The fourth-order valence-electron chi connectivity index (χ4n) is 5.87. The first-order valence-electron chi connectivity index (χ1n) is 14.1. The molecule has 40 heavy (non-hydrogen) atoms. The number of likely N-dealkylation sites (N-methyl/N-ethyl adjacent to an activating group) is 1. The van der Waals surface area contributed by atoms with E-state index >= 15 is 0 Å². The summed E-state index contributed by atoms with van der Waals surface area (Å²) < 4.78 is 46.4. The predicted octanol–water partition coefficient (Wildman–Crippen LogP) is 4.14. The SMILES string of the molecule is CCc1cc(N2CC3CCC(C2)N3C)ccc1Nc1ncc(C(F)(F)F)c(NCCCN2CCCOCC2=O)n1. The minimum Gasteiger partial charge on any atom is -0.372 e. The fraction of sp³-hybridized carbons (Fsp3) is 0.607. The van der Waals surface area contributed by atoms with Crippen LogP contribution >= 0.6 is 0 Å². The molecule has 4 heterocycles. The molecular weight excluding hydrogens is 523 g/mol. The van der Waals surface area contributed by atoms with Gasteiger partial charge in [0.25, 0.3) is 0 Å². The minimum atomic E-state index is -4.60. The van der Waals surface area contributed by atoms with Crippen LogP contribution in [0.15, 0.2) is 24.4 Å². The van der Waals surface area contributed by atoms with Crippen LogP contribution in [-0.4, -0.2) is 90.7 Å². The van der Waals surface area contributed by atoms with Crippen molar-refractivity contribution in [2.24, 2.45) is 0 Å². The summed E-state index contributed by atoms with van der Waals surface area (Å²) in [5, 5.41) is 5.96. The molecule has 3 saturated heterocycles. The summed E-state index contributed by atoms with van der Waals surface area (Å²) in [6.45, 7) is 5.89. The summed E-state index contributed by atoms with van der Waals surface area (Å²) in [4.78, 5) is 26.9. The molecule has 2 aromatic rings. The number of anilines is 4. The van der Waals surface area contributed by atoms with Gasteiger partial charge in [-0.1, -0.05) is 6.92 Å². The monoisotopic (exact) mass is 561 g/mol. The first-order chi connectivity index (χ1) is 19.2. The molecule has 1 aromatic carbocycles. The zero-order valence-corrected chi connectivity index (χ0v) is 23.1. The summed E-state index contributed by atoms with van der Waals surface area (Å²) >= 11 is 0. The Balaban J connectivity index is 1.26. The van der Waals surface area contributed by atoms with E-state index in [1.165, 1.54) is 12.8 Å². The lowest BCUT2D eigenvalue weighted by Crippen LogP contribution is -2.52. The van der Waals surface area contributed by atoms with Crippen LogP contribution in [-0.2, 0) is 22.1 Å². The maximum atomic E-state index is 13.7. The predicted molar refractivity (Wildman–Crippen MR) is 148 cm³/mol. The quantitative estimate of drug-likeness (QED) is 0.442. The number of carbonyl (C=O) groups excluding carboxylic acids is 1. The average Bonchev–Trinajstić information content (AvgIpc) is 3.09. The van der Waals surface area contributed by atoms with Crippen molar-refractivity contribution in [3.05, 3.63) is 35.5 Å². The summed E-state index contributed by atoms with van der Waals surface area (Å²) in [6, 6.07) is 7.33. The smallest absolute Gasteiger partial charge is 0.372 e. The lowest BCUT2D eigenvalue weighted by molar-refractivity contribution is -0.137. The van der Waals surface area contributed by atoms with Crippen LogP contribution in [0.5, 0.6) is 0 Å². The molecule has 0 spiro atoms. The van der Waals surface area contributed by atoms with E-state index in [2.05, 4.69) is 56.5 Å². The lowest BCUT2D eigenvalue weighted by atomic mass is 10.1. The molecule has 2 atom stereocenters. The highest BCUT2D eigenvalue weighted by atomic mass is 19.4. The minimum absolute atomic E-state index is 0.0454. The molecule has 1 aromatic heterocycles. The van der Waals surface area contributed by atoms with Gasteiger partial charge >= 0.3 is 6.18 Å². The van der Waals surface area contributed by atoms with Crippen LogP contribution in [0.3, 0.4) is 0 Å². The van der Waals surface area contributed by atoms with Gasteiger partial charge in [0.05, 0.1) is 0 Å². The zero-order valence-electron chi connectivity index (χ0n) is 23.1. The van der Waals surface area contributed by atoms with Crippen LogP contribution in [0.25, 0.3) is 0 Å². The standard InChI is InChI=1S/C28H38F3N7O2/c1-3-19-14-20(38-16-21-6-7-22(17-38)36(21)2)8-9-24(19)34-27-33-15-23(28(29,30)31)26(35-27)32-10-4-11-37-12-5-13-40-18-25(37)39/h8-9,14-15,21-22H,3-7,10-13,16-18H2,1-2H3,(H2,32,33,34,35). The van der Waals surface area contributed by atoms with E-state index in [-0.39, 0.29) is 30.8 Å². The van der Waals surface area contributed by atoms with Crippen molar-refractivity contribution in [2.45, 2.75) is 57.3 Å². The van der Waals surface area contributed by atoms with E-state index in [1.54, 1.807) is 4.90 Å². The molecule has 218 valence electrons. The Morgan fingerprint density at radius 1 is 1.18 bits per heavy atom. The van der Waals surface area contributed by atoms with Gasteiger partial charge in [0.2, 0.25) is 11.9 Å². The molecular formula is C28H38F3N7O2. The van der Waals surface area contributed by atoms with Crippen molar-refractivity contribution in [2.75, 3.05) is 68.5 Å². The largest absolute Gasteiger partial charge is 0.421 e. The summed E-state index contributed by atoms with van der Waals surface area (Å²) in [5.74, 6) is -0.284. The number of halogens is 3. The number of aryl methyl sites for hydroxylation is 1. The number of benzene rings is 1. The van der Waals surface area contributed by atoms with Gasteiger partial charge in [-0.2, -0.15) is 18.2 Å². The van der Waals surface area contributed by atoms with Gasteiger partial charge in [-0.3, -0.25) is 9.69 Å². The third kappa shape index (κ3) is 6.43. The van der Waals surface area contributed by atoms with Crippen molar-refractivity contribution in [3.63, 3.8) is 0 Å². The number of hydrogen-bond donors (Lipinski definition) is 2. The summed E-state index contributed by atoms with van der Waals surface area (Å²) in [6.07, 6.45) is 0.643. The van der Waals surface area contributed by atoms with Crippen molar-refractivity contribution in [1.82, 2.24) is 19.8 Å². The number of aromatic nitrogens is 2. The number of alkyl halides is 3. The highest BCUT2D eigenvalue weighted by Gasteiger charge is 2.38. The molecule has 5 rings (SSSR count). The number of carbonyl (C=O) groups is 1. The van der Waals surface area contributed by atoms with Gasteiger partial charge in [0.1, 0.15) is 18.0 Å². The normalized spacial score (nSPS) is 22.0. The number of piperazine rings is 1. The number of amides is 1. The summed E-state index contributed by atoms with van der Waals surface area (Å²) in [5.41, 5.74) is 2.06. The van der Waals surface area contributed by atoms with Gasteiger partial charge in [-0.05, 0) is 62.9 Å². The lowest BCUT2D eigenvalue weighted by Gasteiger charge is -2.40. The Morgan fingerprint density at radius 3 is 2.67 bits per heavy atom. The third-order valence-electron chi connectivity index (χ3n) is 8.22. The number of nitrogens with one attached hydrogen (secondary N) is 2. The zero-order chi connectivity index (χ0) is 28.3. The Labute approximate surface area is 233 Å². The second-order valence-corrected chi connectivity index (χ2v) is 10.8. The number of hydrogen-bond acceptors (Lipinski definition) is 8. The van der Waals surface area contributed by atoms with Gasteiger partial charge < -0.3 is 25.2 Å². The summed E-state index contributed by atoms with van der Waals surface area (Å²) in [7, 11) is 2.21. The van der Waals surface area contributed by atoms with Crippen LogP contribution < -0.4 is 15.5 Å². The van der Waals surface area contributed by atoms with Crippen LogP contribution in [0.2, 0.25) is 0 Å². The third-order valence-corrected chi connectivity index (χ3v) is 8.22. The molecule has 1 amide bonds. The van der Waals surface area contributed by atoms with Crippen LogP contribution in [0.1, 0.15) is 43.7 Å². The Bertz CT molecular complexity index is 1180. The molecule has 2 N–H and O–H groups in total. The second-order valence-electron chi connectivity index (χ2n) is 10.8. The van der Waals surface area contributed by atoms with E-state index in [1.807, 2.05) is 6.07 Å². The maximum absolute atomic E-state index is 13.7. The number of fused-ring (bicyclic) bond motifs is 2. The Hall–Kier alpha value is -3.12. The van der Waals surface area contributed by atoms with Crippen molar-refractivity contribution >= 4 is 29.0 Å². The fourth-order valence-corrected chi connectivity index (χ4v) is 5.87. The number of ether oxygens (including phenoxy) is 1. The molecule has 3 aliphatic heterocycles. The van der Waals surface area contributed by atoms with E-state index in [0.29, 0.717) is 38.2 Å². The first-order valence-corrected chi connectivity index (χ1v) is 14.1. The highest BCUT2D eigenvalue weighted by molar-refractivity contribution is 5.77. The van der Waals surface area contributed by atoms with Gasteiger partial charge in [-0.25, -0.2) is 4.98 Å². The van der Waals surface area contributed by atoms with E-state index < -0.39 is 11.7 Å². The molecule has 0 saturated carbocycles. The second kappa shape index (κ2) is 12.2. The van der Waals surface area contributed by atoms with E-state index in [4.69, 9.17) is 4.74 Å². The number of nitrogens with zero attached hydrogens (tertiary/aromatic N) is 5. The Morgan fingerprint density at radius 2 is 1.95 bits per heavy atom. The van der Waals surface area contributed by atoms with Gasteiger partial charge in [0, 0.05) is 69.0 Å². The molecule has 9 nitrogen and oxygen atoms in total. The molecule has 2 bridgehead atoms. The molecule has 3 aliphatic rings. The average molecular weight is 562 g/mol.